The number of aliphatic hydroxyl groups excluding tert-OH is 2. The third-order valence-corrected chi connectivity index (χ3v) is 3.58. The third-order valence-electron chi connectivity index (χ3n) is 3.35. The maximum atomic E-state index is 9.36. The highest BCUT2D eigenvalue weighted by molar-refractivity contribution is 6.30. The van der Waals surface area contributed by atoms with Crippen LogP contribution in [-0.4, -0.2) is 54.4 Å². The molecule has 2 N–H and O–H groups in total. The van der Waals surface area contributed by atoms with Crippen LogP contribution >= 0.6 is 11.6 Å². The number of halogens is 1. The van der Waals surface area contributed by atoms with Crippen LogP contribution < -0.4 is 4.90 Å². The van der Waals surface area contributed by atoms with Crippen LogP contribution in [-0.2, 0) is 6.61 Å². The van der Waals surface area contributed by atoms with Gasteiger partial charge in [-0.05, 0) is 12.1 Å². The van der Waals surface area contributed by atoms with Crippen LogP contribution in [0.1, 0.15) is 5.56 Å². The molecule has 0 radical (unpaired) electrons. The molecule has 1 fully saturated rings. The second kappa shape index (κ2) is 6.38. The second-order valence-corrected chi connectivity index (χ2v) is 4.92. The van der Waals surface area contributed by atoms with Crippen molar-refractivity contribution in [1.29, 1.82) is 0 Å². The van der Waals surface area contributed by atoms with Crippen LogP contribution in [0.3, 0.4) is 0 Å². The Balaban J connectivity index is 2.06. The van der Waals surface area contributed by atoms with Crippen LogP contribution in [0, 0.1) is 0 Å². The lowest BCUT2D eigenvalue weighted by molar-refractivity contribution is 0.188. The molecule has 2 rings (SSSR count). The summed E-state index contributed by atoms with van der Waals surface area (Å²) in [6.45, 7) is 4.62. The smallest absolute Gasteiger partial charge is 0.0702 e. The van der Waals surface area contributed by atoms with E-state index in [9.17, 15) is 5.11 Å². The van der Waals surface area contributed by atoms with E-state index in [1.807, 2.05) is 12.1 Å². The normalized spacial score (nSPS) is 17.2. The van der Waals surface area contributed by atoms with Gasteiger partial charge in [0.2, 0.25) is 0 Å². The number of benzene rings is 1. The summed E-state index contributed by atoms with van der Waals surface area (Å²) in [5, 5.41) is 19.0. The summed E-state index contributed by atoms with van der Waals surface area (Å²) >= 11 is 6.02. The highest BCUT2D eigenvalue weighted by atomic mass is 35.5. The Morgan fingerprint density at radius 3 is 2.44 bits per heavy atom. The molecule has 0 aliphatic carbocycles. The van der Waals surface area contributed by atoms with Gasteiger partial charge < -0.3 is 15.1 Å². The predicted molar refractivity (Wildman–Crippen MR) is 73.1 cm³/mol. The van der Waals surface area contributed by atoms with Gasteiger partial charge in [-0.15, -0.1) is 0 Å². The van der Waals surface area contributed by atoms with Gasteiger partial charge in [-0.2, -0.15) is 0 Å². The number of hydrogen-bond donors (Lipinski definition) is 2. The van der Waals surface area contributed by atoms with Gasteiger partial charge in [0.25, 0.3) is 0 Å². The summed E-state index contributed by atoms with van der Waals surface area (Å²) < 4.78 is 0. The first-order valence-electron chi connectivity index (χ1n) is 6.22. The lowest BCUT2D eigenvalue weighted by Gasteiger charge is -2.36. The Morgan fingerprint density at radius 1 is 1.11 bits per heavy atom. The molecule has 1 aliphatic heterocycles. The fourth-order valence-electron chi connectivity index (χ4n) is 2.32. The quantitative estimate of drug-likeness (QED) is 0.855. The second-order valence-electron chi connectivity index (χ2n) is 4.48. The number of nitrogens with zero attached hydrogens (tertiary/aromatic N) is 2. The largest absolute Gasteiger partial charge is 0.395 e. The number of rotatable bonds is 4. The Kier molecular flexibility index (Phi) is 4.83. The van der Waals surface area contributed by atoms with Crippen molar-refractivity contribution in [2.75, 3.05) is 44.2 Å². The van der Waals surface area contributed by atoms with Gasteiger partial charge >= 0.3 is 0 Å². The van der Waals surface area contributed by atoms with Gasteiger partial charge in [0.15, 0.2) is 0 Å². The Morgan fingerprint density at radius 2 is 1.83 bits per heavy atom. The summed E-state index contributed by atoms with van der Waals surface area (Å²) in [6, 6.07) is 5.59. The number of β-amino-alcohol motifs (C(OH)–C–C–N with tert-alkyl or cyclic N) is 1. The maximum Gasteiger partial charge on any atom is 0.0702 e. The Labute approximate surface area is 112 Å². The molecule has 0 aromatic heterocycles. The van der Waals surface area contributed by atoms with Gasteiger partial charge in [-0.3, -0.25) is 4.90 Å². The van der Waals surface area contributed by atoms with E-state index < -0.39 is 0 Å². The zero-order valence-corrected chi connectivity index (χ0v) is 11.1. The molecule has 0 atom stereocenters. The first-order chi connectivity index (χ1) is 8.74. The Hall–Kier alpha value is -0.810. The molecule has 5 heteroatoms. The number of aliphatic hydroxyl groups is 2. The van der Waals surface area contributed by atoms with E-state index in [-0.39, 0.29) is 13.2 Å². The van der Waals surface area contributed by atoms with Crippen LogP contribution in [0.15, 0.2) is 18.2 Å². The van der Waals surface area contributed by atoms with Crippen LogP contribution in [0.2, 0.25) is 5.02 Å². The average Bonchev–Trinajstić information content (AvgIpc) is 2.40. The van der Waals surface area contributed by atoms with E-state index in [4.69, 9.17) is 16.7 Å². The Bertz CT molecular complexity index is 393. The molecule has 0 saturated carbocycles. The van der Waals surface area contributed by atoms with E-state index in [1.165, 1.54) is 0 Å². The van der Waals surface area contributed by atoms with Crippen molar-refractivity contribution >= 4 is 17.3 Å². The van der Waals surface area contributed by atoms with Gasteiger partial charge in [0, 0.05) is 49.0 Å². The van der Waals surface area contributed by atoms with Crippen molar-refractivity contribution in [3.8, 4) is 0 Å². The summed E-state index contributed by atoms with van der Waals surface area (Å²) in [7, 11) is 0. The molecule has 1 saturated heterocycles. The number of piperazine rings is 1. The monoisotopic (exact) mass is 270 g/mol. The lowest BCUT2D eigenvalue weighted by atomic mass is 10.1. The van der Waals surface area contributed by atoms with Gasteiger partial charge in [0.05, 0.1) is 13.2 Å². The molecule has 1 aromatic carbocycles. The van der Waals surface area contributed by atoms with Gasteiger partial charge in [0.1, 0.15) is 0 Å². The van der Waals surface area contributed by atoms with E-state index >= 15 is 0 Å². The molecule has 1 aromatic rings. The molecule has 1 aliphatic rings. The van der Waals surface area contributed by atoms with E-state index in [0.29, 0.717) is 5.02 Å². The molecular formula is C13H19ClN2O2. The van der Waals surface area contributed by atoms with Crippen molar-refractivity contribution in [3.05, 3.63) is 28.8 Å². The van der Waals surface area contributed by atoms with Gasteiger partial charge in [-0.1, -0.05) is 17.7 Å². The first kappa shape index (κ1) is 13.6. The SMILES string of the molecule is OCCN1CCN(c2cc(Cl)ccc2CO)CC1. The third kappa shape index (κ3) is 3.14. The highest BCUT2D eigenvalue weighted by Gasteiger charge is 2.18. The fraction of sp³-hybridized carbons (Fsp3) is 0.538. The van der Waals surface area contributed by atoms with Crippen molar-refractivity contribution in [2.45, 2.75) is 6.61 Å². The van der Waals surface area contributed by atoms with Crippen LogP contribution in [0.5, 0.6) is 0 Å². The summed E-state index contributed by atoms with van der Waals surface area (Å²) in [5.74, 6) is 0. The van der Waals surface area contributed by atoms with Crippen molar-refractivity contribution < 1.29 is 10.2 Å². The fourth-order valence-corrected chi connectivity index (χ4v) is 2.49. The molecule has 0 bridgehead atoms. The molecule has 0 spiro atoms. The minimum Gasteiger partial charge on any atom is -0.395 e. The molecule has 0 amide bonds. The molecule has 0 unspecified atom stereocenters. The van der Waals surface area contributed by atoms with E-state index in [0.717, 1.165) is 44.0 Å². The zero-order chi connectivity index (χ0) is 13.0. The minimum atomic E-state index is 0.0311. The van der Waals surface area contributed by atoms with Crippen LogP contribution in [0.4, 0.5) is 5.69 Å². The molecular weight excluding hydrogens is 252 g/mol. The summed E-state index contributed by atoms with van der Waals surface area (Å²) in [6.07, 6.45) is 0. The average molecular weight is 271 g/mol. The molecule has 4 nitrogen and oxygen atoms in total. The topological polar surface area (TPSA) is 46.9 Å². The summed E-state index contributed by atoms with van der Waals surface area (Å²) in [4.78, 5) is 4.48. The van der Waals surface area contributed by atoms with E-state index in [1.54, 1.807) is 6.07 Å². The molecule has 1 heterocycles. The maximum absolute atomic E-state index is 9.36. The van der Waals surface area contributed by atoms with Crippen molar-refractivity contribution in [2.24, 2.45) is 0 Å². The highest BCUT2D eigenvalue weighted by Crippen LogP contribution is 2.26. The van der Waals surface area contributed by atoms with Crippen LogP contribution in [0.25, 0.3) is 0 Å². The van der Waals surface area contributed by atoms with Crippen molar-refractivity contribution in [3.63, 3.8) is 0 Å². The van der Waals surface area contributed by atoms with Gasteiger partial charge in [-0.25, -0.2) is 0 Å². The first-order valence-corrected chi connectivity index (χ1v) is 6.60. The van der Waals surface area contributed by atoms with E-state index in [2.05, 4.69) is 9.80 Å². The summed E-state index contributed by atoms with van der Waals surface area (Å²) in [5.41, 5.74) is 1.93. The number of hydrogen-bond acceptors (Lipinski definition) is 4. The predicted octanol–water partition coefficient (Wildman–Crippen LogP) is 0.947. The minimum absolute atomic E-state index is 0.0311. The zero-order valence-electron chi connectivity index (χ0n) is 10.3. The van der Waals surface area contributed by atoms with Crippen molar-refractivity contribution in [1.82, 2.24) is 4.90 Å². The molecule has 100 valence electrons. The number of anilines is 1. The molecule has 18 heavy (non-hydrogen) atoms. The standard InChI is InChI=1S/C13H19ClN2O2/c14-12-2-1-11(10-18)13(9-12)16-5-3-15(4-6-16)7-8-17/h1-2,9,17-18H,3-8,10H2. The lowest BCUT2D eigenvalue weighted by Crippen LogP contribution is -2.47.